The number of benzene rings is 1. The molecule has 2 rings (SSSR count). The van der Waals surface area contributed by atoms with E-state index in [1.54, 1.807) is 6.07 Å². The van der Waals surface area contributed by atoms with E-state index in [-0.39, 0.29) is 5.75 Å². The van der Waals surface area contributed by atoms with Crippen LogP contribution in [0, 0.1) is 5.82 Å². The van der Waals surface area contributed by atoms with Crippen molar-refractivity contribution in [2.75, 3.05) is 0 Å². The van der Waals surface area contributed by atoms with Gasteiger partial charge in [0.2, 0.25) is 5.88 Å². The summed E-state index contributed by atoms with van der Waals surface area (Å²) in [5, 5.41) is 6.61. The molecule has 0 aliphatic heterocycles. The van der Waals surface area contributed by atoms with Crippen LogP contribution in [0.15, 0.2) is 30.5 Å². The topological polar surface area (TPSA) is 37.9 Å². The maximum atomic E-state index is 12.8. The van der Waals surface area contributed by atoms with E-state index in [4.69, 9.17) is 16.3 Å². The zero-order valence-corrected chi connectivity index (χ0v) is 7.75. The van der Waals surface area contributed by atoms with Gasteiger partial charge in [-0.05, 0) is 12.1 Å². The summed E-state index contributed by atoms with van der Waals surface area (Å²) in [6.07, 6.45) is 1.53. The van der Waals surface area contributed by atoms with Gasteiger partial charge in [0, 0.05) is 12.1 Å². The molecule has 0 unspecified atom stereocenters. The summed E-state index contributed by atoms with van der Waals surface area (Å²) in [5.74, 6) is 0.275. The molecule has 1 aromatic heterocycles. The summed E-state index contributed by atoms with van der Waals surface area (Å²) >= 11 is 5.79. The van der Waals surface area contributed by atoms with Crippen molar-refractivity contribution < 1.29 is 9.13 Å². The summed E-state index contributed by atoms with van der Waals surface area (Å²) < 4.78 is 18.1. The molecule has 0 atom stereocenters. The van der Waals surface area contributed by atoms with E-state index in [1.165, 1.54) is 24.4 Å². The van der Waals surface area contributed by atoms with Crippen LogP contribution in [0.2, 0.25) is 5.02 Å². The van der Waals surface area contributed by atoms with Crippen molar-refractivity contribution in [2.24, 2.45) is 0 Å². The fourth-order valence-electron chi connectivity index (χ4n) is 0.974. The molecule has 0 saturated heterocycles. The minimum atomic E-state index is -0.399. The van der Waals surface area contributed by atoms with Gasteiger partial charge in [0.05, 0.1) is 11.2 Å². The molecule has 14 heavy (non-hydrogen) atoms. The average Bonchev–Trinajstić information content (AvgIpc) is 2.64. The molecule has 0 radical (unpaired) electrons. The number of nitrogens with zero attached hydrogens (tertiary/aromatic N) is 1. The maximum absolute atomic E-state index is 12.8. The van der Waals surface area contributed by atoms with Crippen molar-refractivity contribution >= 4 is 11.6 Å². The Morgan fingerprint density at radius 2 is 2.21 bits per heavy atom. The number of hydrogen-bond donors (Lipinski definition) is 1. The van der Waals surface area contributed by atoms with Crippen LogP contribution in [0.5, 0.6) is 11.6 Å². The highest BCUT2D eigenvalue weighted by Crippen LogP contribution is 2.28. The highest BCUT2D eigenvalue weighted by Gasteiger charge is 2.04. The molecule has 0 aliphatic carbocycles. The lowest BCUT2D eigenvalue weighted by Gasteiger charge is -2.04. The van der Waals surface area contributed by atoms with Crippen LogP contribution in [-0.2, 0) is 0 Å². The number of aromatic nitrogens is 2. The summed E-state index contributed by atoms with van der Waals surface area (Å²) in [4.78, 5) is 0. The van der Waals surface area contributed by atoms with Crippen LogP contribution in [0.1, 0.15) is 0 Å². The van der Waals surface area contributed by atoms with Crippen LogP contribution in [0.25, 0.3) is 0 Å². The van der Waals surface area contributed by atoms with E-state index < -0.39 is 5.82 Å². The minimum absolute atomic E-state index is 0.260. The molecule has 0 spiro atoms. The molecule has 1 heterocycles. The molecule has 0 bridgehead atoms. The minimum Gasteiger partial charge on any atom is -0.438 e. The van der Waals surface area contributed by atoms with Crippen LogP contribution < -0.4 is 4.74 Å². The Labute approximate surface area is 84.5 Å². The third kappa shape index (κ3) is 1.85. The molecule has 3 nitrogen and oxygen atoms in total. The van der Waals surface area contributed by atoms with Crippen molar-refractivity contribution in [1.29, 1.82) is 0 Å². The zero-order valence-electron chi connectivity index (χ0n) is 7.00. The first-order chi connectivity index (χ1) is 6.75. The van der Waals surface area contributed by atoms with E-state index in [0.717, 1.165) is 0 Å². The first kappa shape index (κ1) is 9.02. The van der Waals surface area contributed by atoms with Crippen molar-refractivity contribution in [3.05, 3.63) is 41.3 Å². The largest absolute Gasteiger partial charge is 0.438 e. The van der Waals surface area contributed by atoms with Crippen molar-refractivity contribution in [3.63, 3.8) is 0 Å². The van der Waals surface area contributed by atoms with Crippen molar-refractivity contribution in [1.82, 2.24) is 10.2 Å². The number of hydrogen-bond acceptors (Lipinski definition) is 2. The van der Waals surface area contributed by atoms with Gasteiger partial charge in [-0.2, -0.15) is 5.10 Å². The lowest BCUT2D eigenvalue weighted by Crippen LogP contribution is -1.86. The van der Waals surface area contributed by atoms with E-state index >= 15 is 0 Å². The number of H-pyrrole nitrogens is 1. The molecule has 72 valence electrons. The van der Waals surface area contributed by atoms with Gasteiger partial charge in [0.1, 0.15) is 5.82 Å². The Kier molecular flexibility index (Phi) is 2.37. The number of aromatic amines is 1. The predicted octanol–water partition coefficient (Wildman–Crippen LogP) is 2.99. The second-order valence-corrected chi connectivity index (χ2v) is 3.00. The van der Waals surface area contributed by atoms with E-state index in [2.05, 4.69) is 10.2 Å². The number of nitrogens with one attached hydrogen (secondary N) is 1. The van der Waals surface area contributed by atoms with Gasteiger partial charge in [-0.3, -0.25) is 0 Å². The van der Waals surface area contributed by atoms with Crippen LogP contribution in [-0.4, -0.2) is 10.2 Å². The second-order valence-electron chi connectivity index (χ2n) is 2.60. The quantitative estimate of drug-likeness (QED) is 0.831. The predicted molar refractivity (Wildman–Crippen MR) is 50.1 cm³/mol. The first-order valence-corrected chi connectivity index (χ1v) is 4.26. The van der Waals surface area contributed by atoms with Crippen molar-refractivity contribution in [2.45, 2.75) is 0 Å². The van der Waals surface area contributed by atoms with Gasteiger partial charge in [-0.15, -0.1) is 0 Å². The van der Waals surface area contributed by atoms with Crippen molar-refractivity contribution in [3.8, 4) is 11.6 Å². The Morgan fingerprint density at radius 1 is 1.36 bits per heavy atom. The number of halogens is 2. The smallest absolute Gasteiger partial charge is 0.215 e. The van der Waals surface area contributed by atoms with Crippen LogP contribution >= 0.6 is 11.6 Å². The van der Waals surface area contributed by atoms with Gasteiger partial charge < -0.3 is 4.74 Å². The Bertz CT molecular complexity index is 430. The highest BCUT2D eigenvalue weighted by molar-refractivity contribution is 6.32. The molecular weight excluding hydrogens is 207 g/mol. The van der Waals surface area contributed by atoms with E-state index in [1.807, 2.05) is 0 Å². The molecular formula is C9H6ClFN2O. The summed E-state index contributed by atoms with van der Waals surface area (Å²) in [6.45, 7) is 0. The Balaban J connectivity index is 2.28. The van der Waals surface area contributed by atoms with Crippen LogP contribution in [0.4, 0.5) is 4.39 Å². The van der Waals surface area contributed by atoms with Gasteiger partial charge >= 0.3 is 0 Å². The number of ether oxygens (including phenoxy) is 1. The molecule has 0 fully saturated rings. The molecule has 2 aromatic rings. The Hall–Kier alpha value is -1.55. The van der Waals surface area contributed by atoms with Gasteiger partial charge in [0.15, 0.2) is 5.75 Å². The summed E-state index contributed by atoms with van der Waals surface area (Å²) in [7, 11) is 0. The lowest BCUT2D eigenvalue weighted by molar-refractivity contribution is 0.457. The molecule has 0 amide bonds. The fraction of sp³-hybridized carbons (Fsp3) is 0. The summed E-state index contributed by atoms with van der Waals surface area (Å²) in [5.41, 5.74) is 0. The monoisotopic (exact) mass is 212 g/mol. The van der Waals surface area contributed by atoms with E-state index in [0.29, 0.717) is 10.9 Å². The summed E-state index contributed by atoms with van der Waals surface area (Å²) in [6, 6.07) is 5.52. The molecule has 1 aromatic carbocycles. The van der Waals surface area contributed by atoms with Gasteiger partial charge in [-0.1, -0.05) is 11.6 Å². The second kappa shape index (κ2) is 3.67. The standard InChI is InChI=1S/C9H6ClFN2O/c10-7-2-1-6(11)5-8(7)14-9-3-4-12-13-9/h1-5H,(H,12,13). The third-order valence-electron chi connectivity index (χ3n) is 1.59. The normalized spacial score (nSPS) is 10.1. The fourth-order valence-corrected chi connectivity index (χ4v) is 1.13. The zero-order chi connectivity index (χ0) is 9.97. The third-order valence-corrected chi connectivity index (χ3v) is 1.90. The Morgan fingerprint density at radius 3 is 2.93 bits per heavy atom. The lowest BCUT2D eigenvalue weighted by atomic mass is 10.3. The molecule has 0 aliphatic rings. The average molecular weight is 213 g/mol. The van der Waals surface area contributed by atoms with Gasteiger partial charge in [0.25, 0.3) is 0 Å². The van der Waals surface area contributed by atoms with E-state index in [9.17, 15) is 4.39 Å². The molecule has 1 N–H and O–H groups in total. The highest BCUT2D eigenvalue weighted by atomic mass is 35.5. The SMILES string of the molecule is Fc1ccc(Cl)c(Oc2ccn[nH]2)c1. The maximum Gasteiger partial charge on any atom is 0.215 e. The van der Waals surface area contributed by atoms with Crippen LogP contribution in [0.3, 0.4) is 0 Å². The molecule has 5 heteroatoms. The van der Waals surface area contributed by atoms with Gasteiger partial charge in [-0.25, -0.2) is 9.49 Å². The number of rotatable bonds is 2. The molecule has 0 saturated carbocycles. The first-order valence-electron chi connectivity index (χ1n) is 3.88.